The van der Waals surface area contributed by atoms with Gasteiger partial charge in [-0.25, -0.2) is 4.98 Å². The molecule has 0 unspecified atom stereocenters. The Balaban J connectivity index is 1.36. The second kappa shape index (κ2) is 9.74. The molecule has 5 nitrogen and oxygen atoms in total. The third-order valence-electron chi connectivity index (χ3n) is 7.17. The molecule has 0 aliphatic carbocycles. The molecular weight excluding hydrogens is 430 g/mol. The Hall–Kier alpha value is -3.31. The number of fused-ring (bicyclic) bond motifs is 1. The van der Waals surface area contributed by atoms with Crippen LogP contribution in [0.15, 0.2) is 67.0 Å². The summed E-state index contributed by atoms with van der Waals surface area (Å²) in [6.07, 6.45) is 3.93. The largest absolute Gasteiger partial charge is 0.369 e. The summed E-state index contributed by atoms with van der Waals surface area (Å²) in [6.45, 7) is 15.6. The highest BCUT2D eigenvalue weighted by Gasteiger charge is 2.19. The Morgan fingerprint density at radius 3 is 2.29 bits per heavy atom. The summed E-state index contributed by atoms with van der Waals surface area (Å²) < 4.78 is 2.18. The molecule has 1 saturated heterocycles. The van der Waals surface area contributed by atoms with E-state index in [-0.39, 0.29) is 0 Å². The van der Waals surface area contributed by atoms with Crippen LogP contribution in [-0.4, -0.2) is 46.5 Å². The number of hydrogen-bond acceptors (Lipinski definition) is 4. The number of benzene rings is 2. The highest BCUT2D eigenvalue weighted by atomic mass is 15.3. The van der Waals surface area contributed by atoms with Gasteiger partial charge in [0.05, 0.1) is 11.4 Å². The average molecular weight is 468 g/mol. The number of pyridine rings is 1. The van der Waals surface area contributed by atoms with Crippen LogP contribution in [0, 0.1) is 6.92 Å². The highest BCUT2D eigenvalue weighted by Crippen LogP contribution is 2.31. The van der Waals surface area contributed by atoms with E-state index in [2.05, 4.69) is 114 Å². The van der Waals surface area contributed by atoms with Gasteiger partial charge in [0.15, 0.2) is 5.65 Å². The van der Waals surface area contributed by atoms with Crippen molar-refractivity contribution in [2.45, 2.75) is 46.6 Å². The molecule has 182 valence electrons. The number of anilines is 3. The maximum atomic E-state index is 4.68. The molecule has 0 radical (unpaired) electrons. The van der Waals surface area contributed by atoms with Gasteiger partial charge in [0.1, 0.15) is 0 Å². The molecule has 1 fully saturated rings. The predicted octanol–water partition coefficient (Wildman–Crippen LogP) is 6.71. The third-order valence-corrected chi connectivity index (χ3v) is 7.17. The molecule has 2 aromatic heterocycles. The number of aryl methyl sites for hydroxylation is 1. The van der Waals surface area contributed by atoms with Gasteiger partial charge in [-0.2, -0.15) is 0 Å². The Kier molecular flexibility index (Phi) is 6.52. The third kappa shape index (κ3) is 4.92. The minimum absolute atomic E-state index is 0.495. The summed E-state index contributed by atoms with van der Waals surface area (Å²) in [5.41, 5.74) is 9.34. The van der Waals surface area contributed by atoms with E-state index in [0.717, 1.165) is 48.9 Å². The lowest BCUT2D eigenvalue weighted by atomic mass is 9.96. The van der Waals surface area contributed by atoms with Gasteiger partial charge in [-0.3, -0.25) is 9.30 Å². The molecule has 0 saturated carbocycles. The van der Waals surface area contributed by atoms with Crippen LogP contribution in [0.2, 0.25) is 0 Å². The molecule has 2 aromatic carbocycles. The van der Waals surface area contributed by atoms with E-state index in [4.69, 9.17) is 0 Å². The fraction of sp³-hybridized carbons (Fsp3) is 0.367. The summed E-state index contributed by atoms with van der Waals surface area (Å²) in [6, 6.07) is 20.6. The zero-order chi connectivity index (χ0) is 24.5. The fourth-order valence-corrected chi connectivity index (χ4v) is 5.05. The number of nitrogens with zero attached hydrogens (tertiary/aromatic N) is 4. The SMILES string of the molecule is Cc1cc(-c2ccc(Nc3ccc(N4CCN(C(C)C)CC4)cc3)c3nccn23)cc(C(C)C)c1. The van der Waals surface area contributed by atoms with Gasteiger partial charge >= 0.3 is 0 Å². The van der Waals surface area contributed by atoms with Gasteiger partial charge in [-0.05, 0) is 86.3 Å². The normalized spacial score (nSPS) is 14.9. The fourth-order valence-electron chi connectivity index (χ4n) is 5.05. The van der Waals surface area contributed by atoms with Gasteiger partial charge in [-0.1, -0.05) is 25.5 Å². The summed E-state index contributed by atoms with van der Waals surface area (Å²) in [7, 11) is 0. The van der Waals surface area contributed by atoms with E-state index in [1.807, 2.05) is 12.4 Å². The molecule has 1 aliphatic rings. The maximum Gasteiger partial charge on any atom is 0.161 e. The number of piperazine rings is 1. The van der Waals surface area contributed by atoms with Crippen LogP contribution in [0.1, 0.15) is 44.7 Å². The van der Waals surface area contributed by atoms with Crippen molar-refractivity contribution < 1.29 is 0 Å². The van der Waals surface area contributed by atoms with Crippen LogP contribution < -0.4 is 10.2 Å². The minimum Gasteiger partial charge on any atom is -0.369 e. The van der Waals surface area contributed by atoms with Gasteiger partial charge in [-0.15, -0.1) is 0 Å². The zero-order valence-corrected chi connectivity index (χ0v) is 21.6. The second-order valence-electron chi connectivity index (χ2n) is 10.3. The van der Waals surface area contributed by atoms with E-state index < -0.39 is 0 Å². The molecule has 3 heterocycles. The molecule has 0 spiro atoms. The number of rotatable bonds is 6. The molecular formula is C30H37N5. The molecule has 5 heteroatoms. The lowest BCUT2D eigenvalue weighted by molar-refractivity contribution is 0.209. The van der Waals surface area contributed by atoms with Crippen molar-refractivity contribution in [3.8, 4) is 11.3 Å². The Morgan fingerprint density at radius 2 is 1.60 bits per heavy atom. The standard InChI is InChI=1S/C30H37N5/c1-21(2)24-18-23(5)19-25(20-24)29-11-10-28(30-31-12-13-35(29)30)32-26-6-8-27(9-7-26)34-16-14-33(15-17-34)22(3)4/h6-13,18-22,32H,14-17H2,1-5H3. The maximum absolute atomic E-state index is 4.68. The smallest absolute Gasteiger partial charge is 0.161 e. The molecule has 1 aliphatic heterocycles. The number of imidazole rings is 1. The molecule has 0 atom stereocenters. The highest BCUT2D eigenvalue weighted by molar-refractivity contribution is 5.78. The lowest BCUT2D eigenvalue weighted by Gasteiger charge is -2.38. The monoisotopic (exact) mass is 467 g/mol. The molecule has 5 rings (SSSR count). The molecule has 4 aromatic rings. The Morgan fingerprint density at radius 1 is 0.857 bits per heavy atom. The quantitative estimate of drug-likeness (QED) is 0.342. The van der Waals surface area contributed by atoms with Crippen molar-refractivity contribution in [3.05, 3.63) is 78.1 Å². The van der Waals surface area contributed by atoms with Crippen LogP contribution >= 0.6 is 0 Å². The van der Waals surface area contributed by atoms with E-state index in [1.54, 1.807) is 0 Å². The topological polar surface area (TPSA) is 35.8 Å². The van der Waals surface area contributed by atoms with Crippen LogP contribution in [-0.2, 0) is 0 Å². The van der Waals surface area contributed by atoms with Crippen LogP contribution in [0.25, 0.3) is 16.9 Å². The number of hydrogen-bond donors (Lipinski definition) is 1. The average Bonchev–Trinajstić information content (AvgIpc) is 3.35. The number of nitrogens with one attached hydrogen (secondary N) is 1. The van der Waals surface area contributed by atoms with E-state index in [0.29, 0.717) is 12.0 Å². The Bertz CT molecular complexity index is 1290. The van der Waals surface area contributed by atoms with Gasteiger partial charge in [0, 0.05) is 56.0 Å². The van der Waals surface area contributed by atoms with Gasteiger partial charge < -0.3 is 10.2 Å². The summed E-state index contributed by atoms with van der Waals surface area (Å²) in [5.74, 6) is 0.495. The minimum atomic E-state index is 0.495. The Labute approximate surface area is 209 Å². The van der Waals surface area contributed by atoms with Crippen molar-refractivity contribution in [2.75, 3.05) is 36.4 Å². The molecule has 0 amide bonds. The number of aromatic nitrogens is 2. The van der Waals surface area contributed by atoms with Crippen molar-refractivity contribution in [3.63, 3.8) is 0 Å². The molecule has 35 heavy (non-hydrogen) atoms. The van der Waals surface area contributed by atoms with Crippen molar-refractivity contribution >= 4 is 22.7 Å². The summed E-state index contributed by atoms with van der Waals surface area (Å²) >= 11 is 0. The lowest BCUT2D eigenvalue weighted by Crippen LogP contribution is -2.48. The van der Waals surface area contributed by atoms with Crippen molar-refractivity contribution in [1.29, 1.82) is 0 Å². The summed E-state index contributed by atoms with van der Waals surface area (Å²) in [4.78, 5) is 9.71. The first kappa shape index (κ1) is 23.4. The van der Waals surface area contributed by atoms with E-state index in [1.165, 1.54) is 22.4 Å². The van der Waals surface area contributed by atoms with Gasteiger partial charge in [0.25, 0.3) is 0 Å². The van der Waals surface area contributed by atoms with E-state index >= 15 is 0 Å². The predicted molar refractivity (Wildman–Crippen MR) is 148 cm³/mol. The van der Waals surface area contributed by atoms with Crippen LogP contribution in [0.5, 0.6) is 0 Å². The van der Waals surface area contributed by atoms with Crippen LogP contribution in [0.3, 0.4) is 0 Å². The first-order valence-electron chi connectivity index (χ1n) is 12.8. The summed E-state index contributed by atoms with van der Waals surface area (Å²) in [5, 5.41) is 3.59. The van der Waals surface area contributed by atoms with Gasteiger partial charge in [0.2, 0.25) is 0 Å². The molecule has 0 bridgehead atoms. The molecule has 1 N–H and O–H groups in total. The second-order valence-corrected chi connectivity index (χ2v) is 10.3. The van der Waals surface area contributed by atoms with Crippen molar-refractivity contribution in [1.82, 2.24) is 14.3 Å². The first-order valence-corrected chi connectivity index (χ1v) is 12.8. The van der Waals surface area contributed by atoms with Crippen LogP contribution in [0.4, 0.5) is 17.1 Å². The zero-order valence-electron chi connectivity index (χ0n) is 21.6. The first-order chi connectivity index (χ1) is 16.9. The van der Waals surface area contributed by atoms with Crippen molar-refractivity contribution in [2.24, 2.45) is 0 Å². The van der Waals surface area contributed by atoms with E-state index in [9.17, 15) is 0 Å².